The number of hydroxylamine groups is 1. The van der Waals surface area contributed by atoms with Crippen LogP contribution < -0.4 is 10.8 Å². The lowest BCUT2D eigenvalue weighted by molar-refractivity contribution is -0.134. The van der Waals surface area contributed by atoms with E-state index in [4.69, 9.17) is 9.94 Å². The number of aryl methyl sites for hydroxylation is 1. The summed E-state index contributed by atoms with van der Waals surface area (Å²) in [7, 11) is 1.40. The minimum atomic E-state index is -0.734. The van der Waals surface area contributed by atoms with E-state index in [9.17, 15) is 14.4 Å². The van der Waals surface area contributed by atoms with E-state index in [2.05, 4.69) is 5.32 Å². The van der Waals surface area contributed by atoms with E-state index in [1.165, 1.54) is 19.5 Å². The highest BCUT2D eigenvalue weighted by Gasteiger charge is 2.14. The summed E-state index contributed by atoms with van der Waals surface area (Å²) in [5.41, 5.74) is 3.20. The summed E-state index contributed by atoms with van der Waals surface area (Å²) in [5.74, 6) is -1.09. The van der Waals surface area contributed by atoms with Crippen molar-refractivity contribution in [1.82, 2.24) is 10.8 Å². The largest absolute Gasteiger partial charge is 0.465 e. The molecule has 7 heteroatoms. The Bertz CT molecular complexity index is 633. The first kappa shape index (κ1) is 23.6. The number of carbonyl (C=O) groups is 3. The van der Waals surface area contributed by atoms with Crippen molar-refractivity contribution in [3.05, 3.63) is 35.4 Å². The van der Waals surface area contributed by atoms with Crippen LogP contribution >= 0.6 is 0 Å². The number of ether oxygens (including phenoxy) is 1. The summed E-state index contributed by atoms with van der Waals surface area (Å²) in [5, 5.41) is 11.0. The van der Waals surface area contributed by atoms with Crippen molar-refractivity contribution >= 4 is 17.8 Å². The molecule has 7 nitrogen and oxygen atoms in total. The summed E-state index contributed by atoms with van der Waals surface area (Å²) >= 11 is 0. The third kappa shape index (κ3) is 8.99. The van der Waals surface area contributed by atoms with E-state index in [0.29, 0.717) is 12.0 Å². The molecule has 3 N–H and O–H groups in total. The van der Waals surface area contributed by atoms with Crippen LogP contribution in [0.4, 0.5) is 0 Å². The molecule has 0 saturated heterocycles. The second-order valence-corrected chi connectivity index (χ2v) is 6.89. The topological polar surface area (TPSA) is 105 Å². The van der Waals surface area contributed by atoms with Gasteiger partial charge in [-0.15, -0.1) is 0 Å². The molecule has 28 heavy (non-hydrogen) atoms. The molecule has 0 aliphatic carbocycles. The summed E-state index contributed by atoms with van der Waals surface area (Å²) in [6.45, 7) is 1.52. The molecule has 0 saturated carbocycles. The van der Waals surface area contributed by atoms with Crippen molar-refractivity contribution in [2.45, 2.75) is 70.8 Å². The quantitative estimate of drug-likeness (QED) is 0.207. The van der Waals surface area contributed by atoms with Gasteiger partial charge in [-0.2, -0.15) is 0 Å². The summed E-state index contributed by atoms with van der Waals surface area (Å²) in [6, 6.07) is 6.82. The fourth-order valence-corrected chi connectivity index (χ4v) is 3.01. The molecule has 1 aromatic carbocycles. The van der Waals surface area contributed by atoms with E-state index in [-0.39, 0.29) is 11.9 Å². The molecule has 1 aromatic rings. The van der Waals surface area contributed by atoms with Gasteiger partial charge < -0.3 is 10.1 Å². The molecule has 0 bridgehead atoms. The molecule has 0 aliphatic heterocycles. The van der Waals surface area contributed by atoms with Crippen LogP contribution in [0, 0.1) is 0 Å². The Kier molecular flexibility index (Phi) is 11.6. The van der Waals surface area contributed by atoms with Crippen LogP contribution in [0.3, 0.4) is 0 Å². The standard InChI is InChI=1S/C21H32N2O5/c1-16(20(25)23-27)22-19(24)15-9-7-5-3-4-6-8-12-17-13-10-11-14-18(17)21(26)28-2/h10-11,13-14,16,27H,3-9,12,15H2,1-2H3,(H,22,24)(H,23,25). The number of benzene rings is 1. The first-order chi connectivity index (χ1) is 13.5. The van der Waals surface area contributed by atoms with Crippen molar-refractivity contribution in [1.29, 1.82) is 0 Å². The molecule has 1 rings (SSSR count). The number of rotatable bonds is 13. The van der Waals surface area contributed by atoms with Gasteiger partial charge in [-0.1, -0.05) is 50.3 Å². The van der Waals surface area contributed by atoms with Crippen molar-refractivity contribution < 1.29 is 24.3 Å². The van der Waals surface area contributed by atoms with Gasteiger partial charge in [0.2, 0.25) is 5.91 Å². The normalized spacial score (nSPS) is 11.5. The maximum Gasteiger partial charge on any atom is 0.338 e. The lowest BCUT2D eigenvalue weighted by Crippen LogP contribution is -2.43. The van der Waals surface area contributed by atoms with Crippen LogP contribution in [0.5, 0.6) is 0 Å². The van der Waals surface area contributed by atoms with E-state index < -0.39 is 11.9 Å². The Morgan fingerprint density at radius 1 is 1.00 bits per heavy atom. The fraction of sp³-hybridized carbons (Fsp3) is 0.571. The van der Waals surface area contributed by atoms with Gasteiger partial charge in [0.25, 0.3) is 5.91 Å². The van der Waals surface area contributed by atoms with Gasteiger partial charge >= 0.3 is 5.97 Å². The lowest BCUT2D eigenvalue weighted by atomic mass is 10.00. The number of hydrogen-bond donors (Lipinski definition) is 3. The van der Waals surface area contributed by atoms with Gasteiger partial charge in [0, 0.05) is 6.42 Å². The van der Waals surface area contributed by atoms with Gasteiger partial charge in [-0.25, -0.2) is 10.3 Å². The Morgan fingerprint density at radius 2 is 1.61 bits per heavy atom. The predicted molar refractivity (Wildman–Crippen MR) is 106 cm³/mol. The van der Waals surface area contributed by atoms with Crippen molar-refractivity contribution in [3.63, 3.8) is 0 Å². The summed E-state index contributed by atoms with van der Waals surface area (Å²) in [6.07, 6.45) is 8.44. The Balaban J connectivity index is 2.08. The number of unbranched alkanes of at least 4 members (excludes halogenated alkanes) is 6. The first-order valence-electron chi connectivity index (χ1n) is 9.89. The molecule has 0 fully saturated rings. The third-order valence-corrected chi connectivity index (χ3v) is 4.65. The smallest absolute Gasteiger partial charge is 0.338 e. The van der Waals surface area contributed by atoms with Gasteiger partial charge in [0.05, 0.1) is 12.7 Å². The Labute approximate surface area is 166 Å². The van der Waals surface area contributed by atoms with Crippen LogP contribution in [-0.4, -0.2) is 36.1 Å². The molecule has 0 aliphatic rings. The fourth-order valence-electron chi connectivity index (χ4n) is 3.01. The third-order valence-electron chi connectivity index (χ3n) is 4.65. The maximum absolute atomic E-state index is 11.7. The molecule has 0 spiro atoms. The molecule has 1 unspecified atom stereocenters. The molecule has 0 aromatic heterocycles. The number of hydrogen-bond acceptors (Lipinski definition) is 5. The minimum Gasteiger partial charge on any atom is -0.465 e. The van der Waals surface area contributed by atoms with Gasteiger partial charge in [0.15, 0.2) is 0 Å². The molecular weight excluding hydrogens is 360 g/mol. The number of methoxy groups -OCH3 is 1. The molecule has 1 atom stereocenters. The van der Waals surface area contributed by atoms with Crippen LogP contribution in [0.15, 0.2) is 24.3 Å². The number of esters is 1. The molecule has 0 heterocycles. The van der Waals surface area contributed by atoms with Crippen LogP contribution in [-0.2, 0) is 20.7 Å². The molecule has 2 amide bonds. The van der Waals surface area contributed by atoms with Crippen LogP contribution in [0.25, 0.3) is 0 Å². The van der Waals surface area contributed by atoms with Gasteiger partial charge in [-0.05, 0) is 37.8 Å². The number of amides is 2. The monoisotopic (exact) mass is 392 g/mol. The second-order valence-electron chi connectivity index (χ2n) is 6.89. The number of nitrogens with one attached hydrogen (secondary N) is 2. The van der Waals surface area contributed by atoms with Crippen LogP contribution in [0.2, 0.25) is 0 Å². The predicted octanol–water partition coefficient (Wildman–Crippen LogP) is 3.15. The zero-order valence-corrected chi connectivity index (χ0v) is 16.8. The Morgan fingerprint density at radius 3 is 2.25 bits per heavy atom. The average molecular weight is 392 g/mol. The van der Waals surface area contributed by atoms with Crippen molar-refractivity contribution in [2.24, 2.45) is 0 Å². The van der Waals surface area contributed by atoms with Crippen molar-refractivity contribution in [2.75, 3.05) is 7.11 Å². The minimum absolute atomic E-state index is 0.180. The molecular formula is C21H32N2O5. The van der Waals surface area contributed by atoms with E-state index in [0.717, 1.165) is 56.9 Å². The molecule has 156 valence electrons. The highest BCUT2D eigenvalue weighted by molar-refractivity contribution is 5.91. The zero-order chi connectivity index (χ0) is 20.8. The van der Waals surface area contributed by atoms with E-state index >= 15 is 0 Å². The highest BCUT2D eigenvalue weighted by atomic mass is 16.5. The highest BCUT2D eigenvalue weighted by Crippen LogP contribution is 2.15. The lowest BCUT2D eigenvalue weighted by Gasteiger charge is -2.11. The first-order valence-corrected chi connectivity index (χ1v) is 9.89. The number of carbonyl (C=O) groups excluding carboxylic acids is 3. The van der Waals surface area contributed by atoms with Crippen molar-refractivity contribution in [3.8, 4) is 0 Å². The second kappa shape index (κ2) is 13.7. The average Bonchev–Trinajstić information content (AvgIpc) is 2.71. The van der Waals surface area contributed by atoms with Crippen LogP contribution in [0.1, 0.15) is 74.2 Å². The summed E-state index contributed by atoms with van der Waals surface area (Å²) in [4.78, 5) is 34.5. The zero-order valence-electron chi connectivity index (χ0n) is 16.8. The molecule has 0 radical (unpaired) electrons. The Hall–Kier alpha value is -2.41. The van der Waals surface area contributed by atoms with Gasteiger partial charge in [0.1, 0.15) is 6.04 Å². The summed E-state index contributed by atoms with van der Waals surface area (Å²) < 4.78 is 4.82. The van der Waals surface area contributed by atoms with E-state index in [1.807, 2.05) is 18.2 Å². The maximum atomic E-state index is 11.7. The SMILES string of the molecule is COC(=O)c1ccccc1CCCCCCCCCC(=O)NC(C)C(=O)NO. The van der Waals surface area contributed by atoms with E-state index in [1.54, 1.807) is 6.07 Å². The van der Waals surface area contributed by atoms with Gasteiger partial charge in [-0.3, -0.25) is 14.8 Å².